The van der Waals surface area contributed by atoms with E-state index >= 15 is 0 Å². The maximum atomic E-state index is 11.9. The Kier molecular flexibility index (Phi) is 5.73. The number of ether oxygens (including phenoxy) is 1. The number of carbonyl (C=O) groups is 1. The second-order valence-corrected chi connectivity index (χ2v) is 6.17. The first-order valence-corrected chi connectivity index (χ1v) is 8.03. The highest BCUT2D eigenvalue weighted by atomic mass is 79.9. The van der Waals surface area contributed by atoms with Crippen LogP contribution in [0.15, 0.2) is 38.4 Å². The summed E-state index contributed by atoms with van der Waals surface area (Å²) in [5.74, 6) is -0.195. The third kappa shape index (κ3) is 4.08. The number of rotatable bonds is 4. The van der Waals surface area contributed by atoms with Crippen LogP contribution in [0, 0.1) is 6.92 Å². The normalized spacial score (nSPS) is 10.8. The molecule has 8 heteroatoms. The molecule has 0 saturated carbocycles. The second kappa shape index (κ2) is 7.56. The van der Waals surface area contributed by atoms with E-state index in [0.717, 1.165) is 5.69 Å². The van der Waals surface area contributed by atoms with Gasteiger partial charge in [-0.2, -0.15) is 5.10 Å². The van der Waals surface area contributed by atoms with Crippen molar-refractivity contribution in [2.24, 2.45) is 5.10 Å². The summed E-state index contributed by atoms with van der Waals surface area (Å²) in [6, 6.07) is 5.01. The number of halogens is 2. The smallest absolute Gasteiger partial charge is 0.272 e. The van der Waals surface area contributed by atoms with Gasteiger partial charge in [0.2, 0.25) is 0 Å². The Bertz CT molecular complexity index is 762. The lowest BCUT2D eigenvalue weighted by Gasteiger charge is -2.09. The summed E-state index contributed by atoms with van der Waals surface area (Å²) in [7, 11) is 1.45. The topological polar surface area (TPSA) is 83.8 Å². The van der Waals surface area contributed by atoms with E-state index in [-0.39, 0.29) is 11.5 Å². The standard InChI is InChI=1S/C15H13Br2N3O3/c1-8-3-4-9(6-18-8)15(22)20-19-7-10-13(17)11(16)5-12(23-2)14(10)21/h3-7,21H,1-2H3,(H,20,22). The maximum Gasteiger partial charge on any atom is 0.272 e. The number of hydrazone groups is 1. The zero-order valence-corrected chi connectivity index (χ0v) is 15.5. The molecule has 0 saturated heterocycles. The van der Waals surface area contributed by atoms with Crippen LogP contribution in [-0.4, -0.2) is 29.3 Å². The minimum atomic E-state index is -0.397. The van der Waals surface area contributed by atoms with Gasteiger partial charge in [0.1, 0.15) is 0 Å². The van der Waals surface area contributed by atoms with Crippen LogP contribution in [0.3, 0.4) is 0 Å². The Labute approximate surface area is 149 Å². The van der Waals surface area contributed by atoms with Crippen molar-refractivity contribution in [3.8, 4) is 11.5 Å². The first kappa shape index (κ1) is 17.4. The quantitative estimate of drug-likeness (QED) is 0.561. The van der Waals surface area contributed by atoms with Crippen LogP contribution in [0.25, 0.3) is 0 Å². The number of aryl methyl sites for hydroxylation is 1. The summed E-state index contributed by atoms with van der Waals surface area (Å²) in [5.41, 5.74) is 3.97. The van der Waals surface area contributed by atoms with Crippen LogP contribution in [0.1, 0.15) is 21.6 Å². The van der Waals surface area contributed by atoms with Gasteiger partial charge in [-0.15, -0.1) is 0 Å². The van der Waals surface area contributed by atoms with Gasteiger partial charge in [0, 0.05) is 20.8 Å². The zero-order valence-electron chi connectivity index (χ0n) is 12.3. The fourth-order valence-electron chi connectivity index (χ4n) is 1.71. The van der Waals surface area contributed by atoms with Gasteiger partial charge in [0.05, 0.1) is 24.5 Å². The molecule has 120 valence electrons. The van der Waals surface area contributed by atoms with Crippen LogP contribution in [-0.2, 0) is 0 Å². The largest absolute Gasteiger partial charge is 0.504 e. The second-order valence-electron chi connectivity index (χ2n) is 4.52. The van der Waals surface area contributed by atoms with Crippen LogP contribution in [0.5, 0.6) is 11.5 Å². The number of amides is 1. The lowest BCUT2D eigenvalue weighted by atomic mass is 10.2. The van der Waals surface area contributed by atoms with Crippen molar-refractivity contribution < 1.29 is 14.6 Å². The molecule has 1 amide bonds. The summed E-state index contributed by atoms with van der Waals surface area (Å²) < 4.78 is 6.34. The summed E-state index contributed by atoms with van der Waals surface area (Å²) >= 11 is 6.68. The Morgan fingerprint density at radius 2 is 2.17 bits per heavy atom. The lowest BCUT2D eigenvalue weighted by molar-refractivity contribution is 0.0954. The van der Waals surface area contributed by atoms with Crippen LogP contribution < -0.4 is 10.2 Å². The minimum Gasteiger partial charge on any atom is -0.504 e. The molecule has 23 heavy (non-hydrogen) atoms. The Morgan fingerprint density at radius 1 is 1.43 bits per heavy atom. The van der Waals surface area contributed by atoms with Gasteiger partial charge in [-0.05, 0) is 57.0 Å². The molecule has 0 spiro atoms. The van der Waals surface area contributed by atoms with Crippen molar-refractivity contribution in [2.75, 3.05) is 7.11 Å². The predicted octanol–water partition coefficient (Wildman–Crippen LogP) is 3.39. The minimum absolute atomic E-state index is 0.0856. The number of nitrogens with one attached hydrogen (secondary N) is 1. The molecule has 1 heterocycles. The molecule has 1 aromatic heterocycles. The SMILES string of the molecule is COc1cc(Br)c(Br)c(C=NNC(=O)c2ccc(C)nc2)c1O. The maximum absolute atomic E-state index is 11.9. The molecule has 0 aliphatic rings. The van der Waals surface area contributed by atoms with Crippen molar-refractivity contribution in [2.45, 2.75) is 6.92 Å². The summed E-state index contributed by atoms with van der Waals surface area (Å²) in [5, 5.41) is 14.0. The van der Waals surface area contributed by atoms with E-state index in [4.69, 9.17) is 4.74 Å². The van der Waals surface area contributed by atoms with Crippen LogP contribution in [0.4, 0.5) is 0 Å². The monoisotopic (exact) mass is 441 g/mol. The molecular weight excluding hydrogens is 430 g/mol. The molecule has 2 N–H and O–H groups in total. The number of methoxy groups -OCH3 is 1. The average molecular weight is 443 g/mol. The van der Waals surface area contributed by atoms with Crippen LogP contribution in [0.2, 0.25) is 0 Å². The first-order chi connectivity index (χ1) is 10.9. The van der Waals surface area contributed by atoms with Crippen molar-refractivity contribution in [3.63, 3.8) is 0 Å². The molecule has 2 aromatic rings. The van der Waals surface area contributed by atoms with Crippen molar-refractivity contribution in [1.82, 2.24) is 10.4 Å². The number of nitrogens with zero attached hydrogens (tertiary/aromatic N) is 2. The van der Waals surface area contributed by atoms with E-state index in [1.54, 1.807) is 18.2 Å². The number of aromatic hydroxyl groups is 1. The third-order valence-electron chi connectivity index (χ3n) is 2.95. The highest BCUT2D eigenvalue weighted by Gasteiger charge is 2.14. The fraction of sp³-hybridized carbons (Fsp3) is 0.133. The first-order valence-electron chi connectivity index (χ1n) is 6.45. The number of phenols is 1. The highest BCUT2D eigenvalue weighted by Crippen LogP contribution is 2.39. The molecule has 0 aliphatic carbocycles. The van der Waals surface area contributed by atoms with E-state index in [0.29, 0.717) is 20.1 Å². The van der Waals surface area contributed by atoms with Crippen molar-refractivity contribution in [3.05, 3.63) is 50.2 Å². The molecule has 0 atom stereocenters. The van der Waals surface area contributed by atoms with Gasteiger partial charge in [0.25, 0.3) is 5.91 Å². The lowest BCUT2D eigenvalue weighted by Crippen LogP contribution is -2.17. The summed E-state index contributed by atoms with van der Waals surface area (Å²) in [6.45, 7) is 1.83. The number of hydrogen-bond donors (Lipinski definition) is 2. The van der Waals surface area contributed by atoms with E-state index in [1.807, 2.05) is 6.92 Å². The Morgan fingerprint density at radius 3 is 2.78 bits per heavy atom. The zero-order chi connectivity index (χ0) is 17.0. The predicted molar refractivity (Wildman–Crippen MR) is 94.1 cm³/mol. The number of carbonyl (C=O) groups excluding carboxylic acids is 1. The molecule has 6 nitrogen and oxygen atoms in total. The number of aromatic nitrogens is 1. The van der Waals surface area contributed by atoms with Crippen molar-refractivity contribution >= 4 is 44.0 Å². The number of benzene rings is 1. The Hall–Kier alpha value is -1.93. The molecule has 0 bridgehead atoms. The summed E-state index contributed by atoms with van der Waals surface area (Å²) in [4.78, 5) is 16.0. The molecule has 0 unspecified atom stereocenters. The van der Waals surface area contributed by atoms with Crippen LogP contribution >= 0.6 is 31.9 Å². The van der Waals surface area contributed by atoms with Gasteiger partial charge < -0.3 is 9.84 Å². The number of phenolic OH excluding ortho intramolecular Hbond substituents is 1. The van der Waals surface area contributed by atoms with Gasteiger partial charge in [-0.1, -0.05) is 0 Å². The third-order valence-corrected chi connectivity index (χ3v) is 4.96. The fourth-order valence-corrected chi connectivity index (χ4v) is 2.53. The number of hydrogen-bond acceptors (Lipinski definition) is 5. The molecule has 0 radical (unpaired) electrons. The van der Waals surface area contributed by atoms with Gasteiger partial charge in [0.15, 0.2) is 11.5 Å². The highest BCUT2D eigenvalue weighted by molar-refractivity contribution is 9.13. The van der Waals surface area contributed by atoms with E-state index in [2.05, 4.69) is 47.4 Å². The molecule has 0 aliphatic heterocycles. The molecule has 2 rings (SSSR count). The molecular formula is C15H13Br2N3O3. The number of pyridine rings is 1. The average Bonchev–Trinajstić information content (AvgIpc) is 2.54. The van der Waals surface area contributed by atoms with Crippen molar-refractivity contribution in [1.29, 1.82) is 0 Å². The Balaban J connectivity index is 2.19. The van der Waals surface area contributed by atoms with Gasteiger partial charge in [-0.3, -0.25) is 9.78 Å². The van der Waals surface area contributed by atoms with E-state index in [9.17, 15) is 9.90 Å². The van der Waals surface area contributed by atoms with E-state index in [1.165, 1.54) is 19.5 Å². The van der Waals surface area contributed by atoms with E-state index < -0.39 is 5.91 Å². The van der Waals surface area contributed by atoms with Gasteiger partial charge >= 0.3 is 0 Å². The summed E-state index contributed by atoms with van der Waals surface area (Å²) in [6.07, 6.45) is 2.79. The van der Waals surface area contributed by atoms with Gasteiger partial charge in [-0.25, -0.2) is 5.43 Å². The molecule has 0 fully saturated rings. The molecule has 1 aromatic carbocycles.